The van der Waals surface area contributed by atoms with E-state index < -0.39 is 23.3 Å². The van der Waals surface area contributed by atoms with E-state index in [0.717, 1.165) is 37.7 Å². The van der Waals surface area contributed by atoms with Gasteiger partial charge in [-0.2, -0.15) is 0 Å². The highest BCUT2D eigenvalue weighted by Gasteiger charge is 2.51. The van der Waals surface area contributed by atoms with Gasteiger partial charge in [-0.1, -0.05) is 68.5 Å². The maximum absolute atomic E-state index is 12.9. The molecule has 1 aliphatic carbocycles. The Morgan fingerprint density at radius 3 is 2.00 bits per heavy atom. The van der Waals surface area contributed by atoms with Crippen LogP contribution in [0, 0.1) is 18.3 Å². The van der Waals surface area contributed by atoms with E-state index in [4.69, 9.17) is 0 Å². The molecule has 0 spiro atoms. The van der Waals surface area contributed by atoms with Gasteiger partial charge in [0.2, 0.25) is 0 Å². The van der Waals surface area contributed by atoms with Crippen LogP contribution in [0.15, 0.2) is 36.4 Å². The minimum Gasteiger partial charge on any atom is -0.481 e. The summed E-state index contributed by atoms with van der Waals surface area (Å²) in [5.74, 6) is -3.38. The molecule has 0 saturated heterocycles. The summed E-state index contributed by atoms with van der Waals surface area (Å²) in [7, 11) is 0. The molecule has 0 aromatic heterocycles. The number of aryl methyl sites for hydroxylation is 1. The van der Waals surface area contributed by atoms with E-state index in [1.54, 1.807) is 24.3 Å². The van der Waals surface area contributed by atoms with Crippen LogP contribution in [0.5, 0.6) is 0 Å². The number of carbonyl (C=O) groups excluding carboxylic acids is 1. The van der Waals surface area contributed by atoms with Gasteiger partial charge in [0.1, 0.15) is 5.41 Å². The molecule has 1 aromatic rings. The maximum Gasteiger partial charge on any atom is 0.332 e. The van der Waals surface area contributed by atoms with Gasteiger partial charge in [-0.15, -0.1) is 0 Å². The predicted molar refractivity (Wildman–Crippen MR) is 103 cm³/mol. The van der Waals surface area contributed by atoms with Crippen LogP contribution >= 0.6 is 0 Å². The van der Waals surface area contributed by atoms with Crippen LogP contribution in [0.3, 0.4) is 0 Å². The highest BCUT2D eigenvalue weighted by atomic mass is 16.4. The first-order valence-electron chi connectivity index (χ1n) is 9.55. The van der Waals surface area contributed by atoms with Crippen LogP contribution in [0.2, 0.25) is 0 Å². The molecular formula is C22H28O5. The molecule has 1 aliphatic rings. The number of benzene rings is 1. The Hall–Kier alpha value is -2.43. The fraction of sp³-hybridized carbons (Fsp3) is 0.500. The topological polar surface area (TPSA) is 91.7 Å². The Balaban J connectivity index is 2.44. The average Bonchev–Trinajstić information content (AvgIpc) is 2.59. The average molecular weight is 372 g/mol. The SMILES string of the molecule is C=C(C(=O)O)C(CC(=O)c1ccc(C)cc1)(C(=O)O)C1CCCCCCC1. The molecule has 1 saturated carbocycles. The van der Waals surface area contributed by atoms with Gasteiger partial charge in [0, 0.05) is 17.6 Å². The van der Waals surface area contributed by atoms with E-state index in [-0.39, 0.29) is 17.8 Å². The van der Waals surface area contributed by atoms with Gasteiger partial charge in [-0.05, 0) is 25.7 Å². The van der Waals surface area contributed by atoms with Crippen LogP contribution in [0.1, 0.15) is 67.3 Å². The number of Topliss-reactive ketones (excluding diaryl/α,β-unsaturated/α-hetero) is 1. The quantitative estimate of drug-likeness (QED) is 0.537. The molecule has 2 rings (SSSR count). The summed E-state index contributed by atoms with van der Waals surface area (Å²) in [5, 5.41) is 19.7. The van der Waals surface area contributed by atoms with Gasteiger partial charge < -0.3 is 10.2 Å². The lowest BCUT2D eigenvalue weighted by molar-refractivity contribution is -0.153. The van der Waals surface area contributed by atoms with Gasteiger partial charge in [0.05, 0.1) is 0 Å². The van der Waals surface area contributed by atoms with E-state index in [1.807, 2.05) is 6.92 Å². The molecule has 1 fully saturated rings. The monoisotopic (exact) mass is 372 g/mol. The number of ketones is 1. The smallest absolute Gasteiger partial charge is 0.332 e. The van der Waals surface area contributed by atoms with E-state index in [0.29, 0.717) is 18.4 Å². The van der Waals surface area contributed by atoms with Crippen molar-refractivity contribution < 1.29 is 24.6 Å². The van der Waals surface area contributed by atoms with Crippen LogP contribution in [-0.2, 0) is 9.59 Å². The summed E-state index contributed by atoms with van der Waals surface area (Å²) >= 11 is 0. The van der Waals surface area contributed by atoms with Crippen LogP contribution < -0.4 is 0 Å². The molecule has 27 heavy (non-hydrogen) atoms. The minimum absolute atomic E-state index is 0.359. The molecule has 1 atom stereocenters. The maximum atomic E-state index is 12.9. The Bertz CT molecular complexity index is 711. The molecule has 1 unspecified atom stereocenters. The Labute approximate surface area is 160 Å². The third-order valence-electron chi connectivity index (χ3n) is 5.79. The Morgan fingerprint density at radius 2 is 1.52 bits per heavy atom. The summed E-state index contributed by atoms with van der Waals surface area (Å²) < 4.78 is 0. The molecule has 0 radical (unpaired) electrons. The van der Waals surface area contributed by atoms with Crippen LogP contribution in [-0.4, -0.2) is 27.9 Å². The lowest BCUT2D eigenvalue weighted by Crippen LogP contribution is -2.44. The number of aliphatic carboxylic acids is 2. The summed E-state index contributed by atoms with van der Waals surface area (Å²) in [6.45, 7) is 5.50. The molecule has 0 amide bonds. The lowest BCUT2D eigenvalue weighted by Gasteiger charge is -2.38. The van der Waals surface area contributed by atoms with Gasteiger partial charge in [0.25, 0.3) is 0 Å². The third kappa shape index (κ3) is 4.65. The van der Waals surface area contributed by atoms with Crippen molar-refractivity contribution in [2.45, 2.75) is 58.3 Å². The van der Waals surface area contributed by atoms with Gasteiger partial charge >= 0.3 is 11.9 Å². The fourth-order valence-corrected chi connectivity index (χ4v) is 4.11. The summed E-state index contributed by atoms with van der Waals surface area (Å²) in [6, 6.07) is 6.90. The standard InChI is InChI=1S/C22H28O5/c1-15-10-12-17(13-11-15)19(23)14-22(21(26)27,16(2)20(24)25)18-8-6-4-3-5-7-9-18/h10-13,18H,2-9,14H2,1H3,(H,24,25)(H,26,27). The van der Waals surface area contributed by atoms with Crippen LogP contribution in [0.4, 0.5) is 0 Å². The molecule has 146 valence electrons. The molecular weight excluding hydrogens is 344 g/mol. The van der Waals surface area contributed by atoms with E-state index in [1.165, 1.54) is 0 Å². The summed E-state index contributed by atoms with van der Waals surface area (Å²) in [4.78, 5) is 37.0. The van der Waals surface area contributed by atoms with E-state index >= 15 is 0 Å². The molecule has 5 nitrogen and oxygen atoms in total. The van der Waals surface area contributed by atoms with Crippen molar-refractivity contribution in [2.75, 3.05) is 0 Å². The number of carbonyl (C=O) groups is 3. The first-order valence-corrected chi connectivity index (χ1v) is 9.55. The van der Waals surface area contributed by atoms with Crippen molar-refractivity contribution in [3.05, 3.63) is 47.5 Å². The number of carboxylic acids is 2. The van der Waals surface area contributed by atoms with Crippen molar-refractivity contribution in [3.63, 3.8) is 0 Å². The van der Waals surface area contributed by atoms with E-state index in [9.17, 15) is 24.6 Å². The summed E-state index contributed by atoms with van der Waals surface area (Å²) in [5.41, 5.74) is -0.771. The molecule has 0 heterocycles. The number of hydrogen-bond donors (Lipinski definition) is 2. The first kappa shape index (κ1) is 20.9. The lowest BCUT2D eigenvalue weighted by atomic mass is 9.63. The van der Waals surface area contributed by atoms with Crippen molar-refractivity contribution in [1.29, 1.82) is 0 Å². The van der Waals surface area contributed by atoms with Crippen molar-refractivity contribution in [2.24, 2.45) is 11.3 Å². The van der Waals surface area contributed by atoms with Gasteiger partial charge in [0.15, 0.2) is 5.78 Å². The van der Waals surface area contributed by atoms with Crippen molar-refractivity contribution in [1.82, 2.24) is 0 Å². The largest absolute Gasteiger partial charge is 0.481 e. The zero-order chi connectivity index (χ0) is 20.0. The molecule has 1 aromatic carbocycles. The second-order valence-electron chi connectivity index (χ2n) is 7.57. The summed E-state index contributed by atoms with van der Waals surface area (Å²) in [6.07, 6.45) is 5.60. The number of hydrogen-bond acceptors (Lipinski definition) is 3. The Kier molecular flexibility index (Phi) is 6.94. The zero-order valence-electron chi connectivity index (χ0n) is 15.9. The second-order valence-corrected chi connectivity index (χ2v) is 7.57. The molecule has 5 heteroatoms. The van der Waals surface area contributed by atoms with Crippen molar-refractivity contribution in [3.8, 4) is 0 Å². The normalized spacial score (nSPS) is 18.0. The third-order valence-corrected chi connectivity index (χ3v) is 5.79. The van der Waals surface area contributed by atoms with Crippen molar-refractivity contribution >= 4 is 17.7 Å². The van der Waals surface area contributed by atoms with E-state index in [2.05, 4.69) is 6.58 Å². The predicted octanol–water partition coefficient (Wildman–Crippen LogP) is 4.64. The van der Waals surface area contributed by atoms with Gasteiger partial charge in [-0.3, -0.25) is 9.59 Å². The first-order chi connectivity index (χ1) is 12.8. The minimum atomic E-state index is -1.77. The highest BCUT2D eigenvalue weighted by Crippen LogP contribution is 2.46. The molecule has 2 N–H and O–H groups in total. The van der Waals surface area contributed by atoms with Crippen LogP contribution in [0.25, 0.3) is 0 Å². The fourth-order valence-electron chi connectivity index (χ4n) is 4.11. The van der Waals surface area contributed by atoms with Gasteiger partial charge in [-0.25, -0.2) is 4.79 Å². The highest BCUT2D eigenvalue weighted by molar-refractivity contribution is 6.03. The number of carboxylic acid groups (broad SMARTS) is 2. The second kappa shape index (κ2) is 8.98. The number of rotatable bonds is 7. The molecule has 0 aliphatic heterocycles. The molecule has 0 bridgehead atoms. The Morgan fingerprint density at radius 1 is 1.00 bits per heavy atom. The zero-order valence-corrected chi connectivity index (χ0v) is 15.9.